The fraction of sp³-hybridized carbons (Fsp3) is 0.438. The zero-order chi connectivity index (χ0) is 14.7. The molecular formula is C16H22N2OS. The van der Waals surface area contributed by atoms with Gasteiger partial charge in [0, 0.05) is 16.1 Å². The molecule has 1 atom stereocenters. The Kier molecular flexibility index (Phi) is 4.65. The molecular weight excluding hydrogens is 268 g/mol. The van der Waals surface area contributed by atoms with Gasteiger partial charge in [0.15, 0.2) is 0 Å². The smallest absolute Gasteiger partial charge is 0.263 e. The van der Waals surface area contributed by atoms with Gasteiger partial charge in [-0.3, -0.25) is 4.79 Å². The van der Waals surface area contributed by atoms with Crippen LogP contribution in [-0.2, 0) is 0 Å². The highest BCUT2D eigenvalue weighted by atomic mass is 32.1. The second-order valence-corrected chi connectivity index (χ2v) is 6.26. The number of nitrogens with one attached hydrogen (secondary N) is 1. The number of nitrogen functional groups attached to an aromatic ring is 1. The van der Waals surface area contributed by atoms with Gasteiger partial charge < -0.3 is 11.1 Å². The monoisotopic (exact) mass is 290 g/mol. The maximum Gasteiger partial charge on any atom is 0.263 e. The molecule has 0 bridgehead atoms. The average Bonchev–Trinajstić information content (AvgIpc) is 2.74. The normalized spacial score (nSPS) is 12.6. The first-order valence-electron chi connectivity index (χ1n) is 7.16. The van der Waals surface area contributed by atoms with Gasteiger partial charge in [-0.2, -0.15) is 0 Å². The van der Waals surface area contributed by atoms with Crippen molar-refractivity contribution in [3.05, 3.63) is 28.6 Å². The maximum absolute atomic E-state index is 12.4. The fourth-order valence-electron chi connectivity index (χ4n) is 2.37. The van der Waals surface area contributed by atoms with Crippen LogP contribution in [0.25, 0.3) is 10.1 Å². The summed E-state index contributed by atoms with van der Waals surface area (Å²) < 4.78 is 1.08. The summed E-state index contributed by atoms with van der Waals surface area (Å²) in [5.41, 5.74) is 7.92. The lowest BCUT2D eigenvalue weighted by atomic mass is 10.1. The van der Waals surface area contributed by atoms with Crippen molar-refractivity contribution in [2.75, 3.05) is 5.73 Å². The first kappa shape index (κ1) is 14.9. The Morgan fingerprint density at radius 1 is 1.40 bits per heavy atom. The van der Waals surface area contributed by atoms with E-state index < -0.39 is 0 Å². The molecule has 0 aliphatic rings. The van der Waals surface area contributed by atoms with Crippen LogP contribution in [0.15, 0.2) is 18.2 Å². The summed E-state index contributed by atoms with van der Waals surface area (Å²) in [6.45, 7) is 6.27. The second kappa shape index (κ2) is 6.27. The Morgan fingerprint density at radius 2 is 2.15 bits per heavy atom. The van der Waals surface area contributed by atoms with Crippen LogP contribution in [-0.4, -0.2) is 11.9 Å². The highest BCUT2D eigenvalue weighted by molar-refractivity contribution is 7.21. The van der Waals surface area contributed by atoms with Crippen molar-refractivity contribution >= 4 is 33.0 Å². The summed E-state index contributed by atoms with van der Waals surface area (Å²) in [4.78, 5) is 13.0. The molecule has 0 saturated heterocycles. The Labute approximate surface area is 124 Å². The van der Waals surface area contributed by atoms with E-state index in [1.807, 2.05) is 19.1 Å². The number of carbonyl (C=O) groups excluding carboxylic acids is 1. The number of aryl methyl sites for hydroxylation is 1. The van der Waals surface area contributed by atoms with Crippen LogP contribution in [0.4, 0.5) is 5.69 Å². The van der Waals surface area contributed by atoms with Gasteiger partial charge in [-0.1, -0.05) is 32.4 Å². The molecule has 0 aliphatic carbocycles. The molecule has 20 heavy (non-hydrogen) atoms. The molecule has 2 aromatic rings. The minimum atomic E-state index is -0.0401. The molecule has 3 nitrogen and oxygen atoms in total. The molecule has 3 N–H and O–H groups in total. The largest absolute Gasteiger partial charge is 0.397 e. The number of hydrogen-bond acceptors (Lipinski definition) is 3. The number of rotatable bonds is 5. The van der Waals surface area contributed by atoms with E-state index in [4.69, 9.17) is 5.73 Å². The van der Waals surface area contributed by atoms with Crippen molar-refractivity contribution in [2.24, 2.45) is 0 Å². The van der Waals surface area contributed by atoms with Crippen LogP contribution in [0.2, 0.25) is 0 Å². The van der Waals surface area contributed by atoms with Crippen LogP contribution < -0.4 is 11.1 Å². The lowest BCUT2D eigenvalue weighted by molar-refractivity contribution is 0.0938. The third kappa shape index (κ3) is 2.96. The number of benzene rings is 1. The lowest BCUT2D eigenvalue weighted by Gasteiger charge is -2.15. The van der Waals surface area contributed by atoms with Gasteiger partial charge in [0.2, 0.25) is 0 Å². The molecule has 0 spiro atoms. The van der Waals surface area contributed by atoms with E-state index in [-0.39, 0.29) is 11.9 Å². The van der Waals surface area contributed by atoms with Gasteiger partial charge in [-0.25, -0.2) is 0 Å². The van der Waals surface area contributed by atoms with Crippen LogP contribution in [0, 0.1) is 6.92 Å². The van der Waals surface area contributed by atoms with E-state index in [1.165, 1.54) is 16.9 Å². The number of amides is 1. The maximum atomic E-state index is 12.4. The van der Waals surface area contributed by atoms with Gasteiger partial charge >= 0.3 is 0 Å². The molecule has 0 aliphatic heterocycles. The number of carbonyl (C=O) groups is 1. The van der Waals surface area contributed by atoms with Crippen molar-refractivity contribution in [3.63, 3.8) is 0 Å². The summed E-state index contributed by atoms with van der Waals surface area (Å²) in [7, 11) is 0. The average molecular weight is 290 g/mol. The molecule has 1 aromatic carbocycles. The van der Waals surface area contributed by atoms with Crippen molar-refractivity contribution < 1.29 is 4.79 Å². The molecule has 0 saturated carbocycles. The first-order valence-corrected chi connectivity index (χ1v) is 7.97. The van der Waals surface area contributed by atoms with E-state index in [0.29, 0.717) is 10.6 Å². The van der Waals surface area contributed by atoms with E-state index in [1.54, 1.807) is 0 Å². The molecule has 1 aromatic heterocycles. The van der Waals surface area contributed by atoms with Gasteiger partial charge in [0.05, 0.1) is 5.69 Å². The third-order valence-electron chi connectivity index (χ3n) is 3.56. The second-order valence-electron chi connectivity index (χ2n) is 5.21. The number of hydrogen-bond donors (Lipinski definition) is 2. The third-order valence-corrected chi connectivity index (χ3v) is 4.72. The van der Waals surface area contributed by atoms with E-state index in [2.05, 4.69) is 25.2 Å². The van der Waals surface area contributed by atoms with Crippen LogP contribution in [0.1, 0.15) is 48.3 Å². The highest BCUT2D eigenvalue weighted by Gasteiger charge is 2.18. The van der Waals surface area contributed by atoms with Crippen molar-refractivity contribution in [2.45, 2.75) is 46.1 Å². The van der Waals surface area contributed by atoms with Gasteiger partial charge in [0.25, 0.3) is 5.91 Å². The molecule has 1 heterocycles. The first-order chi connectivity index (χ1) is 9.56. The Bertz CT molecular complexity index is 618. The predicted molar refractivity (Wildman–Crippen MR) is 87.4 cm³/mol. The number of thiophene rings is 1. The van der Waals surface area contributed by atoms with Crippen molar-refractivity contribution in [3.8, 4) is 0 Å². The summed E-state index contributed by atoms with van der Waals surface area (Å²) in [5.74, 6) is -0.0401. The topological polar surface area (TPSA) is 55.1 Å². The SMILES string of the molecule is CCCC(CC)NC(=O)c1sc2cc(C)ccc2c1N. The van der Waals surface area contributed by atoms with E-state index in [0.717, 1.165) is 29.3 Å². The van der Waals surface area contributed by atoms with Gasteiger partial charge in [0.1, 0.15) is 4.88 Å². The summed E-state index contributed by atoms with van der Waals surface area (Å²) in [6, 6.07) is 6.34. The Morgan fingerprint density at radius 3 is 2.80 bits per heavy atom. The molecule has 1 unspecified atom stereocenters. The van der Waals surface area contributed by atoms with Crippen molar-refractivity contribution in [1.29, 1.82) is 0 Å². The number of nitrogens with two attached hydrogens (primary N) is 1. The van der Waals surface area contributed by atoms with Crippen LogP contribution >= 0.6 is 11.3 Å². The van der Waals surface area contributed by atoms with E-state index >= 15 is 0 Å². The zero-order valence-electron chi connectivity index (χ0n) is 12.3. The van der Waals surface area contributed by atoms with Gasteiger partial charge in [-0.05, 0) is 31.4 Å². The van der Waals surface area contributed by atoms with E-state index in [9.17, 15) is 4.79 Å². The summed E-state index contributed by atoms with van der Waals surface area (Å²) in [5, 5.41) is 4.07. The quantitative estimate of drug-likeness (QED) is 0.871. The summed E-state index contributed by atoms with van der Waals surface area (Å²) >= 11 is 1.48. The summed E-state index contributed by atoms with van der Waals surface area (Å²) in [6.07, 6.45) is 3.02. The Balaban J connectivity index is 2.28. The van der Waals surface area contributed by atoms with Crippen LogP contribution in [0.3, 0.4) is 0 Å². The standard InChI is InChI=1S/C16H22N2OS/c1-4-6-11(5-2)18-16(19)15-14(17)12-8-7-10(3)9-13(12)20-15/h7-9,11H,4-6,17H2,1-3H3,(H,18,19). The molecule has 0 fully saturated rings. The molecule has 0 radical (unpaired) electrons. The Hall–Kier alpha value is -1.55. The van der Waals surface area contributed by atoms with Crippen LogP contribution in [0.5, 0.6) is 0 Å². The number of anilines is 1. The molecule has 108 valence electrons. The zero-order valence-corrected chi connectivity index (χ0v) is 13.1. The molecule has 4 heteroatoms. The van der Waals surface area contributed by atoms with Gasteiger partial charge in [-0.15, -0.1) is 11.3 Å². The molecule has 2 rings (SSSR count). The minimum Gasteiger partial charge on any atom is -0.397 e. The predicted octanol–water partition coefficient (Wildman–Crippen LogP) is 4.10. The minimum absolute atomic E-state index is 0.0401. The fourth-order valence-corrected chi connectivity index (χ4v) is 3.49. The highest BCUT2D eigenvalue weighted by Crippen LogP contribution is 2.34. The molecule has 1 amide bonds. The lowest BCUT2D eigenvalue weighted by Crippen LogP contribution is -2.34. The van der Waals surface area contributed by atoms with Crippen molar-refractivity contribution in [1.82, 2.24) is 5.32 Å². The number of fused-ring (bicyclic) bond motifs is 1.